The number of hydrogen-bond acceptors (Lipinski definition) is 5. The van der Waals surface area contributed by atoms with Crippen molar-refractivity contribution in [3.8, 4) is 0 Å². The minimum absolute atomic E-state index is 0.0397. The zero-order valence-electron chi connectivity index (χ0n) is 21.2. The standard InChI is InChI=1S/C28H35N3O4S/c1-27(2,3)31-17-10-14-28-22(25(34)30(15-7-8-18-32)23(28)26(31)35)21-20(36-28)13-9-16-29(24(21)33)19-11-5-4-6-12-19/h4-6,9-14,20-23,32H,7-8,15-18H2,1-3H3/t20-,21+,22+,23?,28+/m1/s1. The van der Waals surface area contributed by atoms with Gasteiger partial charge in [-0.05, 0) is 45.7 Å². The SMILES string of the molecule is CC(C)(C)N1CC=C[C@]23S[C@@H]4C=CCN(c5ccccc5)C(=O)[C@@H]4[C@H]2C(=O)N(CCCCO)C3C1=O. The first-order chi connectivity index (χ1) is 17.2. The average Bonchev–Trinajstić information content (AvgIpc) is 3.14. The van der Waals surface area contributed by atoms with Gasteiger partial charge < -0.3 is 19.8 Å². The molecule has 1 aromatic rings. The number of nitrogens with zero attached hydrogens (tertiary/aromatic N) is 3. The summed E-state index contributed by atoms with van der Waals surface area (Å²) in [5.74, 6) is -1.41. The molecule has 0 saturated carbocycles. The van der Waals surface area contributed by atoms with E-state index in [4.69, 9.17) is 0 Å². The van der Waals surface area contributed by atoms with Crippen molar-refractivity contribution >= 4 is 35.2 Å². The molecule has 0 bridgehead atoms. The molecule has 0 aliphatic carbocycles. The van der Waals surface area contributed by atoms with Crippen LogP contribution in [0.3, 0.4) is 0 Å². The fraction of sp³-hybridized carbons (Fsp3) is 0.536. The summed E-state index contributed by atoms with van der Waals surface area (Å²) >= 11 is 1.61. The Kier molecular flexibility index (Phi) is 6.53. The maximum atomic E-state index is 14.2. The monoisotopic (exact) mass is 509 g/mol. The molecule has 5 rings (SSSR count). The maximum Gasteiger partial charge on any atom is 0.247 e. The van der Waals surface area contributed by atoms with Gasteiger partial charge in [-0.15, -0.1) is 11.8 Å². The minimum Gasteiger partial charge on any atom is -0.396 e. The second-order valence-electron chi connectivity index (χ2n) is 11.0. The molecule has 2 saturated heterocycles. The zero-order valence-corrected chi connectivity index (χ0v) is 22.0. The molecule has 5 atom stereocenters. The summed E-state index contributed by atoms with van der Waals surface area (Å²) in [6.45, 7) is 7.40. The number of aliphatic hydroxyl groups excluding tert-OH is 1. The number of para-hydroxylation sites is 1. The van der Waals surface area contributed by atoms with E-state index >= 15 is 0 Å². The van der Waals surface area contributed by atoms with Crippen molar-refractivity contribution in [3.05, 3.63) is 54.6 Å². The average molecular weight is 510 g/mol. The molecule has 4 aliphatic heterocycles. The zero-order chi connectivity index (χ0) is 25.7. The van der Waals surface area contributed by atoms with E-state index < -0.39 is 28.2 Å². The Morgan fingerprint density at radius 3 is 2.44 bits per heavy atom. The third-order valence-corrected chi connectivity index (χ3v) is 9.59. The van der Waals surface area contributed by atoms with Gasteiger partial charge >= 0.3 is 0 Å². The van der Waals surface area contributed by atoms with Crippen molar-refractivity contribution in [2.75, 3.05) is 31.1 Å². The molecule has 2 fully saturated rings. The summed E-state index contributed by atoms with van der Waals surface area (Å²) in [4.78, 5) is 47.7. The molecule has 1 aromatic carbocycles. The van der Waals surface area contributed by atoms with Crippen LogP contribution in [0, 0.1) is 11.8 Å². The summed E-state index contributed by atoms with van der Waals surface area (Å²) in [6, 6.07) is 8.90. The predicted molar refractivity (Wildman–Crippen MR) is 141 cm³/mol. The molecule has 1 unspecified atom stereocenters. The van der Waals surface area contributed by atoms with Crippen LogP contribution in [0.4, 0.5) is 5.69 Å². The molecule has 192 valence electrons. The molecule has 36 heavy (non-hydrogen) atoms. The number of thioether (sulfide) groups is 1. The Bertz CT molecular complexity index is 1100. The number of hydrogen-bond donors (Lipinski definition) is 1. The number of carbonyl (C=O) groups excluding carboxylic acids is 3. The lowest BCUT2D eigenvalue weighted by Gasteiger charge is -2.40. The second-order valence-corrected chi connectivity index (χ2v) is 12.5. The highest BCUT2D eigenvalue weighted by Gasteiger charge is 2.71. The number of benzene rings is 1. The first kappa shape index (κ1) is 25.1. The van der Waals surface area contributed by atoms with Gasteiger partial charge in [0, 0.05) is 42.7 Å². The number of anilines is 1. The summed E-state index contributed by atoms with van der Waals surface area (Å²) in [6.07, 6.45) is 9.32. The van der Waals surface area contributed by atoms with Crippen molar-refractivity contribution in [2.24, 2.45) is 11.8 Å². The molecule has 0 aromatic heterocycles. The van der Waals surface area contributed by atoms with Crippen LogP contribution < -0.4 is 4.90 Å². The van der Waals surface area contributed by atoms with Crippen molar-refractivity contribution < 1.29 is 19.5 Å². The summed E-state index contributed by atoms with van der Waals surface area (Å²) in [5.41, 5.74) is 0.407. The van der Waals surface area contributed by atoms with Gasteiger partial charge in [0.15, 0.2) is 0 Å². The van der Waals surface area contributed by atoms with Gasteiger partial charge in [0.1, 0.15) is 6.04 Å². The van der Waals surface area contributed by atoms with E-state index in [0.29, 0.717) is 32.5 Å². The fourth-order valence-electron chi connectivity index (χ4n) is 6.21. The highest BCUT2D eigenvalue weighted by Crippen LogP contribution is 2.61. The number of carbonyl (C=O) groups is 3. The molecular formula is C28H35N3O4S. The van der Waals surface area contributed by atoms with Gasteiger partial charge in [-0.3, -0.25) is 14.4 Å². The lowest BCUT2D eigenvalue weighted by Crippen LogP contribution is -2.57. The molecule has 4 heterocycles. The van der Waals surface area contributed by atoms with Gasteiger partial charge in [0.05, 0.1) is 16.6 Å². The van der Waals surface area contributed by atoms with E-state index in [1.807, 2.05) is 68.2 Å². The van der Waals surface area contributed by atoms with E-state index in [1.54, 1.807) is 21.6 Å². The molecule has 4 aliphatic rings. The smallest absolute Gasteiger partial charge is 0.247 e. The van der Waals surface area contributed by atoms with Crippen molar-refractivity contribution in [3.63, 3.8) is 0 Å². The number of amides is 3. The van der Waals surface area contributed by atoms with Crippen LogP contribution in [-0.2, 0) is 14.4 Å². The largest absolute Gasteiger partial charge is 0.396 e. The van der Waals surface area contributed by atoms with Gasteiger partial charge in [0.25, 0.3) is 0 Å². The first-order valence-electron chi connectivity index (χ1n) is 12.8. The number of unbranched alkanes of at least 4 members (excludes halogenated alkanes) is 1. The van der Waals surface area contributed by atoms with Crippen molar-refractivity contribution in [1.82, 2.24) is 9.80 Å². The molecule has 3 amide bonds. The fourth-order valence-corrected chi connectivity index (χ4v) is 8.22. The van der Waals surface area contributed by atoms with Crippen molar-refractivity contribution in [2.45, 2.75) is 55.2 Å². The van der Waals surface area contributed by atoms with Gasteiger partial charge in [-0.1, -0.05) is 42.5 Å². The Morgan fingerprint density at radius 1 is 1.00 bits per heavy atom. The van der Waals surface area contributed by atoms with Crippen LogP contribution in [0.1, 0.15) is 33.6 Å². The lowest BCUT2D eigenvalue weighted by atomic mass is 9.78. The second kappa shape index (κ2) is 9.38. The van der Waals surface area contributed by atoms with Gasteiger partial charge in [-0.25, -0.2) is 0 Å². The van der Waals surface area contributed by atoms with E-state index in [2.05, 4.69) is 12.2 Å². The Balaban J connectivity index is 1.59. The number of likely N-dealkylation sites (tertiary alicyclic amines) is 1. The summed E-state index contributed by atoms with van der Waals surface area (Å²) in [7, 11) is 0. The van der Waals surface area contributed by atoms with Gasteiger partial charge in [0.2, 0.25) is 17.7 Å². The van der Waals surface area contributed by atoms with E-state index in [9.17, 15) is 19.5 Å². The number of rotatable bonds is 5. The number of fused-ring (bicyclic) bond motifs is 2. The van der Waals surface area contributed by atoms with Crippen LogP contribution in [0.2, 0.25) is 0 Å². The Morgan fingerprint density at radius 2 is 1.75 bits per heavy atom. The van der Waals surface area contributed by atoms with Gasteiger partial charge in [-0.2, -0.15) is 0 Å². The van der Waals surface area contributed by atoms with E-state index in [0.717, 1.165) is 5.69 Å². The highest BCUT2D eigenvalue weighted by atomic mass is 32.2. The Labute approximate surface area is 217 Å². The molecule has 1 spiro atoms. The van der Waals surface area contributed by atoms with E-state index in [-0.39, 0.29) is 29.6 Å². The molecule has 8 heteroatoms. The minimum atomic E-state index is -0.803. The van der Waals surface area contributed by atoms with Crippen LogP contribution in [0.15, 0.2) is 54.6 Å². The first-order valence-corrected chi connectivity index (χ1v) is 13.7. The summed E-state index contributed by atoms with van der Waals surface area (Å²) < 4.78 is -0.803. The third-order valence-electron chi connectivity index (χ3n) is 7.84. The highest BCUT2D eigenvalue weighted by molar-refractivity contribution is 8.02. The van der Waals surface area contributed by atoms with Crippen molar-refractivity contribution in [1.29, 1.82) is 0 Å². The van der Waals surface area contributed by atoms with Crippen LogP contribution in [0.25, 0.3) is 0 Å². The quantitative estimate of drug-likeness (QED) is 0.488. The lowest BCUT2D eigenvalue weighted by molar-refractivity contribution is -0.145. The third kappa shape index (κ3) is 3.89. The van der Waals surface area contributed by atoms with Crippen LogP contribution >= 0.6 is 11.8 Å². The Hall–Kier alpha value is -2.58. The molecule has 0 radical (unpaired) electrons. The summed E-state index contributed by atoms with van der Waals surface area (Å²) in [5, 5.41) is 9.17. The maximum absolute atomic E-state index is 14.2. The van der Waals surface area contributed by atoms with Crippen LogP contribution in [-0.4, -0.2) is 80.4 Å². The predicted octanol–water partition coefficient (Wildman–Crippen LogP) is 2.86. The topological polar surface area (TPSA) is 81.2 Å². The van der Waals surface area contributed by atoms with Crippen LogP contribution in [0.5, 0.6) is 0 Å². The normalized spacial score (nSPS) is 31.9. The van der Waals surface area contributed by atoms with E-state index in [1.165, 1.54) is 0 Å². The number of aliphatic hydroxyl groups is 1. The molecular weight excluding hydrogens is 474 g/mol. The molecule has 1 N–H and O–H groups in total. The molecule has 7 nitrogen and oxygen atoms in total.